The van der Waals surface area contributed by atoms with Crippen molar-refractivity contribution in [1.82, 2.24) is 4.98 Å². The Labute approximate surface area is 159 Å². The van der Waals surface area contributed by atoms with Crippen LogP contribution in [0.1, 0.15) is 11.1 Å². The Kier molecular flexibility index (Phi) is 4.31. The van der Waals surface area contributed by atoms with Crippen LogP contribution in [0.3, 0.4) is 0 Å². The SMILES string of the molecule is Cc1cccc2oc(-c3cccc(N=Cc4cc(Br)ccc4O)c3)nc12. The summed E-state index contributed by atoms with van der Waals surface area (Å²) in [5, 5.41) is 9.92. The molecular weight excluding hydrogens is 392 g/mol. The smallest absolute Gasteiger partial charge is 0.227 e. The van der Waals surface area contributed by atoms with Crippen molar-refractivity contribution in [2.45, 2.75) is 6.92 Å². The van der Waals surface area contributed by atoms with Crippen LogP contribution in [0.15, 0.2) is 74.5 Å². The summed E-state index contributed by atoms with van der Waals surface area (Å²) in [6.07, 6.45) is 1.63. The van der Waals surface area contributed by atoms with Crippen LogP contribution >= 0.6 is 15.9 Å². The molecule has 0 saturated heterocycles. The number of phenolic OH excluding ortho intramolecular Hbond substituents is 1. The number of hydrogen-bond donors (Lipinski definition) is 1. The van der Waals surface area contributed by atoms with Gasteiger partial charge in [-0.15, -0.1) is 0 Å². The molecule has 1 N–H and O–H groups in total. The zero-order valence-electron chi connectivity index (χ0n) is 14.0. The van der Waals surface area contributed by atoms with Gasteiger partial charge in [0.2, 0.25) is 5.89 Å². The standard InChI is InChI=1S/C21H15BrN2O2/c1-13-4-2-7-19-20(13)24-21(26-19)14-5-3-6-17(11-14)23-12-15-10-16(22)8-9-18(15)25/h2-12,25H,1H3. The van der Waals surface area contributed by atoms with Crippen LogP contribution in [0.5, 0.6) is 5.75 Å². The number of nitrogens with zero attached hydrogens (tertiary/aromatic N) is 2. The highest BCUT2D eigenvalue weighted by Crippen LogP contribution is 2.28. The number of aliphatic imine (C=N–C) groups is 1. The molecule has 0 bridgehead atoms. The molecule has 5 heteroatoms. The molecule has 0 aliphatic heterocycles. The topological polar surface area (TPSA) is 58.6 Å². The summed E-state index contributed by atoms with van der Waals surface area (Å²) in [6, 6.07) is 18.8. The minimum absolute atomic E-state index is 0.183. The van der Waals surface area contributed by atoms with E-state index in [9.17, 15) is 5.11 Å². The normalized spacial score (nSPS) is 11.5. The molecule has 0 aliphatic carbocycles. The average molecular weight is 407 g/mol. The number of halogens is 1. The summed E-state index contributed by atoms with van der Waals surface area (Å²) >= 11 is 3.39. The van der Waals surface area contributed by atoms with E-state index in [2.05, 4.69) is 25.9 Å². The van der Waals surface area contributed by atoms with E-state index in [1.165, 1.54) is 0 Å². The molecule has 0 saturated carbocycles. The van der Waals surface area contributed by atoms with E-state index in [1.54, 1.807) is 18.3 Å². The van der Waals surface area contributed by atoms with Gasteiger partial charge in [-0.2, -0.15) is 0 Å². The quantitative estimate of drug-likeness (QED) is 0.423. The lowest BCUT2D eigenvalue weighted by Crippen LogP contribution is -1.83. The van der Waals surface area contributed by atoms with Crippen molar-refractivity contribution in [3.05, 3.63) is 76.3 Å². The van der Waals surface area contributed by atoms with Gasteiger partial charge in [-0.05, 0) is 55.0 Å². The summed E-state index contributed by atoms with van der Waals surface area (Å²) in [5.74, 6) is 0.749. The number of oxazole rings is 1. The second kappa shape index (κ2) is 6.77. The number of benzene rings is 3. The Morgan fingerprint density at radius 2 is 1.92 bits per heavy atom. The molecule has 0 spiro atoms. The van der Waals surface area contributed by atoms with E-state index in [0.29, 0.717) is 11.5 Å². The average Bonchev–Trinajstić information content (AvgIpc) is 3.09. The van der Waals surface area contributed by atoms with Crippen LogP contribution in [0.25, 0.3) is 22.6 Å². The molecule has 128 valence electrons. The zero-order chi connectivity index (χ0) is 18.1. The molecule has 1 aromatic heterocycles. The van der Waals surface area contributed by atoms with Gasteiger partial charge in [-0.1, -0.05) is 34.1 Å². The maximum Gasteiger partial charge on any atom is 0.227 e. The summed E-state index contributed by atoms with van der Waals surface area (Å²) in [6.45, 7) is 2.01. The number of aromatic nitrogens is 1. The predicted octanol–water partition coefficient (Wildman–Crippen LogP) is 6.02. The zero-order valence-corrected chi connectivity index (χ0v) is 15.6. The number of para-hydroxylation sites is 1. The Bertz CT molecular complexity index is 1130. The van der Waals surface area contributed by atoms with Gasteiger partial charge in [0, 0.05) is 21.8 Å². The Balaban J connectivity index is 1.69. The molecule has 26 heavy (non-hydrogen) atoms. The van der Waals surface area contributed by atoms with Crippen LogP contribution in [0, 0.1) is 6.92 Å². The highest BCUT2D eigenvalue weighted by atomic mass is 79.9. The minimum atomic E-state index is 0.183. The van der Waals surface area contributed by atoms with Gasteiger partial charge in [0.05, 0.1) is 5.69 Å². The second-order valence-electron chi connectivity index (χ2n) is 5.95. The first-order chi connectivity index (χ1) is 12.6. The van der Waals surface area contributed by atoms with Crippen LogP contribution in [0.2, 0.25) is 0 Å². The maximum atomic E-state index is 9.92. The lowest BCUT2D eigenvalue weighted by atomic mass is 10.2. The Morgan fingerprint density at radius 3 is 2.77 bits per heavy atom. The highest BCUT2D eigenvalue weighted by Gasteiger charge is 2.10. The largest absolute Gasteiger partial charge is 0.507 e. The third kappa shape index (κ3) is 3.26. The van der Waals surface area contributed by atoms with Crippen molar-refractivity contribution >= 4 is 38.9 Å². The first-order valence-electron chi connectivity index (χ1n) is 8.09. The molecule has 0 fully saturated rings. The monoisotopic (exact) mass is 406 g/mol. The maximum absolute atomic E-state index is 9.92. The number of aryl methyl sites for hydroxylation is 1. The van der Waals surface area contributed by atoms with Crippen molar-refractivity contribution in [1.29, 1.82) is 0 Å². The fourth-order valence-electron chi connectivity index (χ4n) is 2.70. The fraction of sp³-hybridized carbons (Fsp3) is 0.0476. The molecule has 4 aromatic rings. The first-order valence-corrected chi connectivity index (χ1v) is 8.88. The van der Waals surface area contributed by atoms with E-state index in [1.807, 2.05) is 55.5 Å². The summed E-state index contributed by atoms with van der Waals surface area (Å²) in [7, 11) is 0. The molecular formula is C21H15BrN2O2. The third-order valence-corrected chi connectivity index (χ3v) is 4.55. The van der Waals surface area contributed by atoms with E-state index in [0.717, 1.165) is 32.4 Å². The van der Waals surface area contributed by atoms with Gasteiger partial charge in [0.15, 0.2) is 5.58 Å². The van der Waals surface area contributed by atoms with Gasteiger partial charge < -0.3 is 9.52 Å². The lowest BCUT2D eigenvalue weighted by Gasteiger charge is -2.00. The van der Waals surface area contributed by atoms with Crippen molar-refractivity contribution in [3.63, 3.8) is 0 Å². The number of phenols is 1. The van der Waals surface area contributed by atoms with E-state index in [-0.39, 0.29) is 5.75 Å². The second-order valence-corrected chi connectivity index (χ2v) is 6.87. The van der Waals surface area contributed by atoms with Crippen LogP contribution in [-0.4, -0.2) is 16.3 Å². The minimum Gasteiger partial charge on any atom is -0.507 e. The fourth-order valence-corrected chi connectivity index (χ4v) is 3.08. The van der Waals surface area contributed by atoms with Gasteiger partial charge in [0.1, 0.15) is 11.3 Å². The Hall–Kier alpha value is -2.92. The van der Waals surface area contributed by atoms with Crippen LogP contribution in [-0.2, 0) is 0 Å². The predicted molar refractivity (Wildman–Crippen MR) is 107 cm³/mol. The number of fused-ring (bicyclic) bond motifs is 1. The van der Waals surface area contributed by atoms with Gasteiger partial charge in [0.25, 0.3) is 0 Å². The molecule has 4 rings (SSSR count). The summed E-state index contributed by atoms with van der Waals surface area (Å²) in [5.41, 5.74) is 4.97. The summed E-state index contributed by atoms with van der Waals surface area (Å²) < 4.78 is 6.76. The number of hydrogen-bond acceptors (Lipinski definition) is 4. The van der Waals surface area contributed by atoms with Gasteiger partial charge >= 0.3 is 0 Å². The number of aromatic hydroxyl groups is 1. The van der Waals surface area contributed by atoms with E-state index < -0.39 is 0 Å². The molecule has 3 aromatic carbocycles. The molecule has 0 aliphatic rings. The van der Waals surface area contributed by atoms with E-state index in [4.69, 9.17) is 4.42 Å². The lowest BCUT2D eigenvalue weighted by molar-refractivity contribution is 0.474. The number of rotatable bonds is 3. The molecule has 0 amide bonds. The molecule has 0 radical (unpaired) electrons. The molecule has 4 nitrogen and oxygen atoms in total. The molecule has 0 atom stereocenters. The van der Waals surface area contributed by atoms with Crippen molar-refractivity contribution in [2.75, 3.05) is 0 Å². The van der Waals surface area contributed by atoms with Crippen LogP contribution in [0.4, 0.5) is 5.69 Å². The molecule has 0 unspecified atom stereocenters. The van der Waals surface area contributed by atoms with Crippen LogP contribution < -0.4 is 0 Å². The molecule has 1 heterocycles. The van der Waals surface area contributed by atoms with Crippen molar-refractivity contribution in [3.8, 4) is 17.2 Å². The van der Waals surface area contributed by atoms with Crippen molar-refractivity contribution < 1.29 is 9.52 Å². The Morgan fingerprint density at radius 1 is 1.08 bits per heavy atom. The van der Waals surface area contributed by atoms with Crippen molar-refractivity contribution in [2.24, 2.45) is 4.99 Å². The third-order valence-electron chi connectivity index (χ3n) is 4.06. The van der Waals surface area contributed by atoms with E-state index >= 15 is 0 Å². The van der Waals surface area contributed by atoms with Gasteiger partial charge in [-0.25, -0.2) is 4.98 Å². The highest BCUT2D eigenvalue weighted by molar-refractivity contribution is 9.10. The first kappa shape index (κ1) is 16.5. The van der Waals surface area contributed by atoms with Gasteiger partial charge in [-0.3, -0.25) is 4.99 Å². The summed E-state index contributed by atoms with van der Waals surface area (Å²) in [4.78, 5) is 9.06.